The summed E-state index contributed by atoms with van der Waals surface area (Å²) < 4.78 is 0. The normalized spacial score (nSPS) is 10.8. The predicted molar refractivity (Wildman–Crippen MR) is 105 cm³/mol. The number of anilines is 2. The number of nitrogens with zero attached hydrogens (tertiary/aromatic N) is 2. The maximum atomic E-state index is 11.0. The summed E-state index contributed by atoms with van der Waals surface area (Å²) in [6, 6.07) is 14.2. The molecule has 0 amide bonds. The van der Waals surface area contributed by atoms with E-state index in [1.165, 1.54) is 6.33 Å². The molecule has 0 atom stereocenters. The van der Waals surface area contributed by atoms with Gasteiger partial charge >= 0.3 is 5.97 Å². The van der Waals surface area contributed by atoms with Crippen LogP contribution >= 0.6 is 22.9 Å². The van der Waals surface area contributed by atoms with Gasteiger partial charge in [0.1, 0.15) is 17.0 Å². The first-order chi connectivity index (χ1) is 12.6. The number of thiophene rings is 1. The number of aromatic carboxylic acids is 1. The van der Waals surface area contributed by atoms with Crippen LogP contribution in [-0.2, 0) is 0 Å². The third-order valence-corrected chi connectivity index (χ3v) is 5.06. The SMILES string of the molecule is O=C(O)c1ccc(Nc2ncnc3scc(-c4ccc(Cl)cc4)c23)cc1. The fraction of sp³-hybridized carbons (Fsp3) is 0. The summed E-state index contributed by atoms with van der Waals surface area (Å²) in [6.45, 7) is 0. The van der Waals surface area contributed by atoms with Crippen LogP contribution in [0.2, 0.25) is 5.02 Å². The van der Waals surface area contributed by atoms with E-state index in [0.29, 0.717) is 10.8 Å². The summed E-state index contributed by atoms with van der Waals surface area (Å²) in [5.74, 6) is -0.284. The molecule has 2 N–H and O–H groups in total. The van der Waals surface area contributed by atoms with E-state index in [1.54, 1.807) is 35.6 Å². The van der Waals surface area contributed by atoms with Gasteiger partial charge in [-0.15, -0.1) is 11.3 Å². The fourth-order valence-corrected chi connectivity index (χ4v) is 3.69. The molecule has 0 radical (unpaired) electrons. The van der Waals surface area contributed by atoms with E-state index in [9.17, 15) is 4.79 Å². The van der Waals surface area contributed by atoms with Crippen LogP contribution in [0.5, 0.6) is 0 Å². The number of nitrogens with one attached hydrogen (secondary N) is 1. The summed E-state index contributed by atoms with van der Waals surface area (Å²) in [4.78, 5) is 20.6. The highest BCUT2D eigenvalue weighted by Crippen LogP contribution is 2.37. The Labute approximate surface area is 157 Å². The molecule has 0 bridgehead atoms. The van der Waals surface area contributed by atoms with E-state index in [1.807, 2.05) is 29.6 Å². The van der Waals surface area contributed by atoms with E-state index in [2.05, 4.69) is 15.3 Å². The lowest BCUT2D eigenvalue weighted by atomic mass is 10.1. The van der Waals surface area contributed by atoms with E-state index in [4.69, 9.17) is 16.7 Å². The van der Waals surface area contributed by atoms with Crippen LogP contribution in [0, 0.1) is 0 Å². The molecule has 0 spiro atoms. The highest BCUT2D eigenvalue weighted by Gasteiger charge is 2.13. The van der Waals surface area contributed by atoms with Crippen molar-refractivity contribution < 1.29 is 9.90 Å². The van der Waals surface area contributed by atoms with Gasteiger partial charge in [0.2, 0.25) is 0 Å². The minimum atomic E-state index is -0.955. The third-order valence-electron chi connectivity index (χ3n) is 3.92. The van der Waals surface area contributed by atoms with Crippen LogP contribution in [0.3, 0.4) is 0 Å². The molecular weight excluding hydrogens is 370 g/mol. The van der Waals surface area contributed by atoms with Crippen LogP contribution in [0.1, 0.15) is 10.4 Å². The van der Waals surface area contributed by atoms with Gasteiger partial charge in [0, 0.05) is 21.7 Å². The average molecular weight is 382 g/mol. The maximum Gasteiger partial charge on any atom is 0.335 e. The zero-order valence-electron chi connectivity index (χ0n) is 13.3. The number of rotatable bonds is 4. The maximum absolute atomic E-state index is 11.0. The highest BCUT2D eigenvalue weighted by atomic mass is 35.5. The van der Waals surface area contributed by atoms with Gasteiger partial charge in [-0.25, -0.2) is 14.8 Å². The number of carboxylic acid groups (broad SMARTS) is 1. The molecule has 0 saturated heterocycles. The second-order valence-electron chi connectivity index (χ2n) is 5.57. The van der Waals surface area contributed by atoms with Crippen molar-refractivity contribution in [2.45, 2.75) is 0 Å². The van der Waals surface area contributed by atoms with E-state index < -0.39 is 5.97 Å². The number of hydrogen-bond donors (Lipinski definition) is 2. The van der Waals surface area contributed by atoms with Crippen LogP contribution in [0.25, 0.3) is 21.3 Å². The highest BCUT2D eigenvalue weighted by molar-refractivity contribution is 7.17. The van der Waals surface area contributed by atoms with Crippen molar-refractivity contribution in [3.63, 3.8) is 0 Å². The summed E-state index contributed by atoms with van der Waals surface area (Å²) in [7, 11) is 0. The number of fused-ring (bicyclic) bond motifs is 1. The van der Waals surface area contributed by atoms with Gasteiger partial charge in [-0.3, -0.25) is 0 Å². The molecular formula is C19H12ClN3O2S. The van der Waals surface area contributed by atoms with Gasteiger partial charge in [-0.1, -0.05) is 23.7 Å². The molecule has 0 unspecified atom stereocenters. The Morgan fingerprint density at radius 2 is 1.77 bits per heavy atom. The van der Waals surface area contributed by atoms with E-state index in [-0.39, 0.29) is 5.56 Å². The smallest absolute Gasteiger partial charge is 0.335 e. The van der Waals surface area contributed by atoms with Crippen LogP contribution in [0.4, 0.5) is 11.5 Å². The molecule has 0 aliphatic carbocycles. The van der Waals surface area contributed by atoms with Crippen LogP contribution in [0.15, 0.2) is 60.2 Å². The number of hydrogen-bond acceptors (Lipinski definition) is 5. The number of carbonyl (C=O) groups is 1. The van der Waals surface area contributed by atoms with Gasteiger partial charge in [0.15, 0.2) is 0 Å². The number of halogens is 1. The number of benzene rings is 2. The van der Waals surface area contributed by atoms with E-state index >= 15 is 0 Å². The minimum Gasteiger partial charge on any atom is -0.478 e. The predicted octanol–water partition coefficient (Wildman–Crippen LogP) is 5.45. The Kier molecular flexibility index (Phi) is 4.28. The number of aromatic nitrogens is 2. The lowest BCUT2D eigenvalue weighted by Gasteiger charge is -2.09. The second kappa shape index (κ2) is 6.74. The van der Waals surface area contributed by atoms with Crippen molar-refractivity contribution in [2.24, 2.45) is 0 Å². The van der Waals surface area contributed by atoms with Gasteiger partial charge < -0.3 is 10.4 Å². The third kappa shape index (κ3) is 3.12. The monoisotopic (exact) mass is 381 g/mol. The Balaban J connectivity index is 1.76. The minimum absolute atomic E-state index is 0.237. The molecule has 0 saturated carbocycles. The molecule has 0 aliphatic heterocycles. The average Bonchev–Trinajstić information content (AvgIpc) is 3.08. The first kappa shape index (κ1) is 16.5. The van der Waals surface area contributed by atoms with Gasteiger partial charge in [-0.2, -0.15) is 0 Å². The topological polar surface area (TPSA) is 75.1 Å². The largest absolute Gasteiger partial charge is 0.478 e. The van der Waals surface area contributed by atoms with Crippen molar-refractivity contribution in [1.29, 1.82) is 0 Å². The van der Waals surface area contributed by atoms with Crippen molar-refractivity contribution in [3.05, 3.63) is 70.8 Å². The lowest BCUT2D eigenvalue weighted by molar-refractivity contribution is 0.0697. The van der Waals surface area contributed by atoms with E-state index in [0.717, 1.165) is 27.0 Å². The Morgan fingerprint density at radius 3 is 2.46 bits per heavy atom. The molecule has 5 nitrogen and oxygen atoms in total. The summed E-state index contributed by atoms with van der Waals surface area (Å²) in [5.41, 5.74) is 3.04. The molecule has 7 heteroatoms. The van der Waals surface area contributed by atoms with Gasteiger partial charge in [0.05, 0.1) is 10.9 Å². The molecule has 2 heterocycles. The fourth-order valence-electron chi connectivity index (χ4n) is 2.64. The Morgan fingerprint density at radius 1 is 1.04 bits per heavy atom. The summed E-state index contributed by atoms with van der Waals surface area (Å²) in [5, 5.41) is 15.9. The molecule has 0 fully saturated rings. The van der Waals surface area contributed by atoms with Crippen molar-refractivity contribution in [1.82, 2.24) is 9.97 Å². The first-order valence-electron chi connectivity index (χ1n) is 7.70. The zero-order chi connectivity index (χ0) is 18.1. The van der Waals surface area contributed by atoms with Crippen LogP contribution < -0.4 is 5.32 Å². The first-order valence-corrected chi connectivity index (χ1v) is 8.96. The second-order valence-corrected chi connectivity index (χ2v) is 6.86. The molecule has 2 aromatic heterocycles. The molecule has 128 valence electrons. The Bertz CT molecular complexity index is 1090. The van der Waals surface area contributed by atoms with Gasteiger partial charge in [-0.05, 0) is 42.0 Å². The quantitative estimate of drug-likeness (QED) is 0.491. The summed E-state index contributed by atoms with van der Waals surface area (Å²) in [6.07, 6.45) is 1.51. The standard InChI is InChI=1S/C19H12ClN3O2S/c20-13-5-1-11(2-6-13)15-9-26-18-16(15)17(21-10-22-18)23-14-7-3-12(4-8-14)19(24)25/h1-10H,(H,24,25)(H,21,22,23). The summed E-state index contributed by atoms with van der Waals surface area (Å²) >= 11 is 7.53. The van der Waals surface area contributed by atoms with Crippen molar-refractivity contribution in [3.8, 4) is 11.1 Å². The van der Waals surface area contributed by atoms with Gasteiger partial charge in [0.25, 0.3) is 0 Å². The van der Waals surface area contributed by atoms with Crippen molar-refractivity contribution in [2.75, 3.05) is 5.32 Å². The van der Waals surface area contributed by atoms with Crippen LogP contribution in [-0.4, -0.2) is 21.0 Å². The van der Waals surface area contributed by atoms with Crippen molar-refractivity contribution >= 4 is 50.6 Å². The number of carboxylic acids is 1. The molecule has 2 aromatic carbocycles. The lowest BCUT2D eigenvalue weighted by Crippen LogP contribution is -1.98. The molecule has 4 aromatic rings. The zero-order valence-corrected chi connectivity index (χ0v) is 14.9. The molecule has 0 aliphatic rings. The molecule has 26 heavy (non-hydrogen) atoms. The Hall–Kier alpha value is -2.96. The molecule has 4 rings (SSSR count).